The fourth-order valence-corrected chi connectivity index (χ4v) is 6.03. The molecule has 5 aromatic rings. The first-order valence-electron chi connectivity index (χ1n) is 17.3. The van der Waals surface area contributed by atoms with E-state index < -0.39 is 29.5 Å². The number of aryl methyl sites for hydroxylation is 4. The van der Waals surface area contributed by atoms with Gasteiger partial charge in [-0.15, -0.1) is 23.2 Å². The summed E-state index contributed by atoms with van der Waals surface area (Å²) in [6, 6.07) is 12.6. The number of alkyl halides is 2. The molecular weight excluding hydrogens is 781 g/mol. The number of amides is 5. The third kappa shape index (κ3) is 10.3. The first kappa shape index (κ1) is 41.5. The Balaban J connectivity index is 1.17. The van der Waals surface area contributed by atoms with Gasteiger partial charge < -0.3 is 41.8 Å². The molecule has 0 saturated heterocycles. The lowest BCUT2D eigenvalue weighted by Crippen LogP contribution is -2.29. The molecule has 0 spiro atoms. The summed E-state index contributed by atoms with van der Waals surface area (Å²) in [4.78, 5) is 67.0. The Morgan fingerprint density at radius 1 is 0.667 bits per heavy atom. The van der Waals surface area contributed by atoms with E-state index in [0.717, 1.165) is 5.69 Å². The Bertz CT molecular complexity index is 2300. The molecule has 57 heavy (non-hydrogen) atoms. The normalized spacial score (nSPS) is 10.8. The number of hydrogen-bond donors (Lipinski definition) is 7. The molecule has 0 radical (unpaired) electrons. The summed E-state index contributed by atoms with van der Waals surface area (Å²) in [6.07, 6.45) is 1.73. The van der Waals surface area contributed by atoms with Crippen LogP contribution in [0, 0.1) is 5.41 Å². The lowest BCUT2D eigenvalue weighted by molar-refractivity contribution is 0.0942. The maximum absolute atomic E-state index is 13.3. The standard InChI is InChI=1S/C35H41Cl2N15O5/c1-48-19-21(41-34(56)25-17-28(45-50(25)3)42-31(53)20-5-7-22(8-6-20)52(13-10-36)14-11-37)15-23(48)33(55)43-30-18-26(51(4)47-30)35(57)44-29-16-24(49(2)46-29)32(54)40-12-9-27(38)39/h5-8,15-19H,9-14H2,1-4H3,(H3,38,39)(H,40,54)(H,41,56)(H,42,45,53)(H,43,47,55)(H,44,46,57). The second kappa shape index (κ2) is 18.3. The smallest absolute Gasteiger partial charge is 0.275 e. The number of nitrogens with one attached hydrogen (secondary N) is 6. The van der Waals surface area contributed by atoms with E-state index >= 15 is 0 Å². The van der Waals surface area contributed by atoms with Crippen LogP contribution in [0.4, 0.5) is 28.8 Å². The number of nitrogens with two attached hydrogens (primary N) is 1. The van der Waals surface area contributed by atoms with Crippen LogP contribution in [0.5, 0.6) is 0 Å². The van der Waals surface area contributed by atoms with Gasteiger partial charge in [0.2, 0.25) is 0 Å². The number of aromatic nitrogens is 7. The zero-order valence-corrected chi connectivity index (χ0v) is 32.9. The van der Waals surface area contributed by atoms with E-state index in [1.807, 2.05) is 4.90 Å². The zero-order chi connectivity index (χ0) is 41.4. The number of halogens is 2. The zero-order valence-electron chi connectivity index (χ0n) is 31.4. The minimum atomic E-state index is -0.601. The number of hydrogen-bond acceptors (Lipinski definition) is 10. The van der Waals surface area contributed by atoms with Crippen molar-refractivity contribution in [1.82, 2.24) is 39.2 Å². The van der Waals surface area contributed by atoms with E-state index in [2.05, 4.69) is 41.9 Å². The van der Waals surface area contributed by atoms with Crippen molar-refractivity contribution in [3.63, 3.8) is 0 Å². The molecule has 5 rings (SSSR count). The summed E-state index contributed by atoms with van der Waals surface area (Å²) in [7, 11) is 6.22. The highest BCUT2D eigenvalue weighted by molar-refractivity contribution is 6.18. The molecule has 20 nitrogen and oxygen atoms in total. The summed E-state index contributed by atoms with van der Waals surface area (Å²) in [6.45, 7) is 1.39. The number of benzene rings is 1. The molecule has 300 valence electrons. The van der Waals surface area contributed by atoms with E-state index in [1.165, 1.54) is 57.0 Å². The van der Waals surface area contributed by atoms with Crippen molar-refractivity contribution in [3.8, 4) is 0 Å². The first-order valence-corrected chi connectivity index (χ1v) is 18.4. The van der Waals surface area contributed by atoms with Crippen molar-refractivity contribution in [2.75, 3.05) is 57.6 Å². The molecule has 0 aliphatic heterocycles. The van der Waals surface area contributed by atoms with Crippen LogP contribution in [-0.2, 0) is 28.2 Å². The molecule has 1 aromatic carbocycles. The van der Waals surface area contributed by atoms with Gasteiger partial charge in [0.15, 0.2) is 17.5 Å². The largest absolute Gasteiger partial charge is 0.388 e. The highest BCUT2D eigenvalue weighted by Crippen LogP contribution is 2.20. The molecule has 0 unspecified atom stereocenters. The molecule has 0 fully saturated rings. The van der Waals surface area contributed by atoms with Gasteiger partial charge >= 0.3 is 0 Å². The predicted molar refractivity (Wildman–Crippen MR) is 216 cm³/mol. The molecule has 5 amide bonds. The average molecular weight is 823 g/mol. The third-order valence-electron chi connectivity index (χ3n) is 8.44. The number of rotatable bonds is 17. The Labute approximate surface area is 336 Å². The van der Waals surface area contributed by atoms with E-state index in [4.69, 9.17) is 34.3 Å². The molecule has 4 heterocycles. The maximum atomic E-state index is 13.3. The van der Waals surface area contributed by atoms with Crippen LogP contribution in [0.3, 0.4) is 0 Å². The summed E-state index contributed by atoms with van der Waals surface area (Å²) < 4.78 is 5.38. The molecule has 0 atom stereocenters. The summed E-state index contributed by atoms with van der Waals surface area (Å²) in [5, 5.41) is 33.2. The SMILES string of the molecule is Cn1cc(NC(=O)c2cc(NC(=O)c3ccc(N(CCCl)CCCl)cc3)nn2C)cc1C(=O)Nc1cc(C(=O)Nc2cc(C(=O)NCCC(=N)N)n(C)n2)n(C)n1. The predicted octanol–water partition coefficient (Wildman–Crippen LogP) is 2.57. The number of nitrogens with zero attached hydrogens (tertiary/aromatic N) is 8. The maximum Gasteiger partial charge on any atom is 0.275 e. The molecule has 0 bridgehead atoms. The Kier molecular flexibility index (Phi) is 13.3. The van der Waals surface area contributed by atoms with Crippen LogP contribution in [0.15, 0.2) is 54.7 Å². The van der Waals surface area contributed by atoms with Gasteiger partial charge in [-0.05, 0) is 30.3 Å². The van der Waals surface area contributed by atoms with Gasteiger partial charge in [-0.1, -0.05) is 0 Å². The Hall–Kier alpha value is -6.67. The van der Waals surface area contributed by atoms with Gasteiger partial charge in [-0.3, -0.25) is 43.4 Å². The van der Waals surface area contributed by atoms with Crippen LogP contribution in [0.1, 0.15) is 58.7 Å². The van der Waals surface area contributed by atoms with Crippen LogP contribution in [-0.4, -0.2) is 101 Å². The van der Waals surface area contributed by atoms with E-state index in [-0.39, 0.29) is 59.0 Å². The molecule has 4 aromatic heterocycles. The second-order valence-electron chi connectivity index (χ2n) is 12.6. The van der Waals surface area contributed by atoms with Crippen molar-refractivity contribution in [2.24, 2.45) is 33.9 Å². The van der Waals surface area contributed by atoms with E-state index in [9.17, 15) is 24.0 Å². The van der Waals surface area contributed by atoms with Gasteiger partial charge in [0.25, 0.3) is 29.5 Å². The summed E-state index contributed by atoms with van der Waals surface area (Å²) in [5.74, 6) is -1.45. The van der Waals surface area contributed by atoms with Gasteiger partial charge in [-0.25, -0.2) is 0 Å². The van der Waals surface area contributed by atoms with E-state index in [0.29, 0.717) is 36.1 Å². The topological polar surface area (TPSA) is 257 Å². The van der Waals surface area contributed by atoms with Crippen LogP contribution in [0.2, 0.25) is 0 Å². The molecule has 22 heteroatoms. The number of carbonyl (C=O) groups is 5. The second-order valence-corrected chi connectivity index (χ2v) is 13.4. The van der Waals surface area contributed by atoms with Gasteiger partial charge in [-0.2, -0.15) is 15.3 Å². The van der Waals surface area contributed by atoms with Crippen LogP contribution < -0.4 is 37.2 Å². The fourth-order valence-electron chi connectivity index (χ4n) is 5.62. The molecule has 8 N–H and O–H groups in total. The van der Waals surface area contributed by atoms with Crippen LogP contribution >= 0.6 is 23.2 Å². The fraction of sp³-hybridized carbons (Fsp3) is 0.286. The molecular formula is C35H41Cl2N15O5. The lowest BCUT2D eigenvalue weighted by Gasteiger charge is -2.22. The van der Waals surface area contributed by atoms with E-state index in [1.54, 1.807) is 44.6 Å². The Morgan fingerprint density at radius 3 is 1.61 bits per heavy atom. The molecule has 0 aliphatic rings. The third-order valence-corrected chi connectivity index (χ3v) is 8.78. The van der Waals surface area contributed by atoms with Gasteiger partial charge in [0.05, 0.1) is 11.5 Å². The molecule has 0 aliphatic carbocycles. The minimum Gasteiger partial charge on any atom is -0.388 e. The van der Waals surface area contributed by atoms with Gasteiger partial charge in [0.1, 0.15) is 22.8 Å². The van der Waals surface area contributed by atoms with Crippen molar-refractivity contribution in [3.05, 3.63) is 83.1 Å². The van der Waals surface area contributed by atoms with Crippen molar-refractivity contribution in [1.29, 1.82) is 5.41 Å². The number of carbonyl (C=O) groups excluding carboxylic acids is 5. The van der Waals surface area contributed by atoms with Crippen molar-refractivity contribution >= 4 is 87.4 Å². The van der Waals surface area contributed by atoms with Crippen molar-refractivity contribution in [2.45, 2.75) is 6.42 Å². The van der Waals surface area contributed by atoms with Crippen molar-refractivity contribution < 1.29 is 24.0 Å². The van der Waals surface area contributed by atoms with Gasteiger partial charge in [0, 0.05) is 102 Å². The van der Waals surface area contributed by atoms with Crippen LogP contribution in [0.25, 0.3) is 0 Å². The average Bonchev–Trinajstić information content (AvgIpc) is 3.92. The monoisotopic (exact) mass is 821 g/mol. The first-order chi connectivity index (χ1) is 27.2. The lowest BCUT2D eigenvalue weighted by atomic mass is 10.2. The minimum absolute atomic E-state index is 0.0622. The Morgan fingerprint density at radius 2 is 1.12 bits per heavy atom. The molecule has 0 saturated carbocycles. The number of anilines is 5. The highest BCUT2D eigenvalue weighted by atomic mass is 35.5. The number of amidine groups is 1. The quantitative estimate of drug-likeness (QED) is 0.0410. The highest BCUT2D eigenvalue weighted by Gasteiger charge is 2.22. The summed E-state index contributed by atoms with van der Waals surface area (Å²) >= 11 is 11.8. The summed E-state index contributed by atoms with van der Waals surface area (Å²) in [5.41, 5.74) is 7.46.